The van der Waals surface area contributed by atoms with E-state index in [2.05, 4.69) is 11.2 Å². The lowest BCUT2D eigenvalue weighted by Gasteiger charge is -2.20. The van der Waals surface area contributed by atoms with Crippen molar-refractivity contribution < 1.29 is 4.74 Å². The molecule has 0 radical (unpaired) electrons. The van der Waals surface area contributed by atoms with Gasteiger partial charge in [0.25, 0.3) is 0 Å². The number of nitrogen functional groups attached to an aromatic ring is 1. The smallest absolute Gasteiger partial charge is 0.160 e. The van der Waals surface area contributed by atoms with Crippen LogP contribution in [0.2, 0.25) is 0 Å². The van der Waals surface area contributed by atoms with Crippen molar-refractivity contribution in [2.24, 2.45) is 5.92 Å². The first kappa shape index (κ1) is 10.6. The van der Waals surface area contributed by atoms with Crippen LogP contribution in [-0.2, 0) is 11.2 Å². The molecule has 4 heteroatoms. The summed E-state index contributed by atoms with van der Waals surface area (Å²) >= 11 is 0. The molecule has 1 aliphatic rings. The predicted molar refractivity (Wildman–Crippen MR) is 66.9 cm³/mol. The quantitative estimate of drug-likeness (QED) is 0.858. The third-order valence-electron chi connectivity index (χ3n) is 3.32. The van der Waals surface area contributed by atoms with Gasteiger partial charge in [0, 0.05) is 25.6 Å². The number of nitrogens with two attached hydrogens (primary N) is 1. The van der Waals surface area contributed by atoms with E-state index in [0.717, 1.165) is 36.7 Å². The molecule has 0 spiro atoms. The van der Waals surface area contributed by atoms with Crippen molar-refractivity contribution in [2.75, 3.05) is 18.9 Å². The molecule has 3 rings (SSSR count). The Hall–Kier alpha value is -1.55. The van der Waals surface area contributed by atoms with Gasteiger partial charge in [-0.05, 0) is 37.3 Å². The summed E-state index contributed by atoms with van der Waals surface area (Å²) in [4.78, 5) is 4.59. The van der Waals surface area contributed by atoms with E-state index in [9.17, 15) is 0 Å². The molecule has 0 aromatic carbocycles. The van der Waals surface area contributed by atoms with Crippen molar-refractivity contribution in [3.05, 3.63) is 30.2 Å². The molecule has 0 saturated carbocycles. The first-order valence-electron chi connectivity index (χ1n) is 6.13. The van der Waals surface area contributed by atoms with E-state index in [0.29, 0.717) is 5.92 Å². The zero-order valence-corrected chi connectivity index (χ0v) is 9.80. The number of hydrogen-bond donors (Lipinski definition) is 1. The maximum absolute atomic E-state index is 5.89. The van der Waals surface area contributed by atoms with Gasteiger partial charge in [0.1, 0.15) is 0 Å². The molecule has 2 aromatic rings. The van der Waals surface area contributed by atoms with Crippen molar-refractivity contribution in [3.8, 4) is 0 Å². The highest BCUT2D eigenvalue weighted by Gasteiger charge is 2.16. The summed E-state index contributed by atoms with van der Waals surface area (Å²) in [7, 11) is 0. The van der Waals surface area contributed by atoms with Gasteiger partial charge in [-0.2, -0.15) is 0 Å². The first-order chi connectivity index (χ1) is 8.33. The van der Waals surface area contributed by atoms with Gasteiger partial charge in [0.15, 0.2) is 5.65 Å². The van der Waals surface area contributed by atoms with E-state index < -0.39 is 0 Å². The van der Waals surface area contributed by atoms with E-state index in [4.69, 9.17) is 10.5 Å². The number of ether oxygens (including phenoxy) is 1. The fraction of sp³-hybridized carbons (Fsp3) is 0.462. The Kier molecular flexibility index (Phi) is 2.73. The van der Waals surface area contributed by atoms with E-state index in [1.54, 1.807) is 0 Å². The standard InChI is InChI=1S/C13H17N3O/c14-12-4-1-5-16-8-11(15-13(12)16)7-10-3-2-6-17-9-10/h1,4-5,8,10H,2-3,6-7,9,14H2. The molecule has 1 fully saturated rings. The minimum atomic E-state index is 0.606. The molecule has 1 unspecified atom stereocenters. The first-order valence-corrected chi connectivity index (χ1v) is 6.13. The molecule has 0 bridgehead atoms. The maximum Gasteiger partial charge on any atom is 0.160 e. The molecule has 0 amide bonds. The zero-order valence-electron chi connectivity index (χ0n) is 9.80. The molecule has 2 N–H and O–H groups in total. The Morgan fingerprint density at radius 2 is 2.47 bits per heavy atom. The van der Waals surface area contributed by atoms with E-state index >= 15 is 0 Å². The normalized spacial score (nSPS) is 20.8. The van der Waals surface area contributed by atoms with E-state index in [-0.39, 0.29) is 0 Å². The molecule has 4 nitrogen and oxygen atoms in total. The topological polar surface area (TPSA) is 52.5 Å². The van der Waals surface area contributed by atoms with Gasteiger partial charge in [-0.3, -0.25) is 0 Å². The van der Waals surface area contributed by atoms with Gasteiger partial charge >= 0.3 is 0 Å². The van der Waals surface area contributed by atoms with E-state index in [1.807, 2.05) is 22.7 Å². The molecular weight excluding hydrogens is 214 g/mol. The van der Waals surface area contributed by atoms with Gasteiger partial charge in [-0.25, -0.2) is 4.98 Å². The lowest BCUT2D eigenvalue weighted by Crippen LogP contribution is -2.19. The number of anilines is 1. The third-order valence-corrected chi connectivity index (χ3v) is 3.32. The second-order valence-corrected chi connectivity index (χ2v) is 4.71. The molecule has 90 valence electrons. The highest BCUT2D eigenvalue weighted by atomic mass is 16.5. The van der Waals surface area contributed by atoms with Crippen LogP contribution in [0.3, 0.4) is 0 Å². The molecule has 2 aromatic heterocycles. The number of hydrogen-bond acceptors (Lipinski definition) is 3. The number of imidazole rings is 1. The van der Waals surface area contributed by atoms with Crippen LogP contribution in [0.15, 0.2) is 24.5 Å². The van der Waals surface area contributed by atoms with Crippen molar-refractivity contribution in [3.63, 3.8) is 0 Å². The van der Waals surface area contributed by atoms with Crippen LogP contribution in [0, 0.1) is 5.92 Å². The van der Waals surface area contributed by atoms with Crippen LogP contribution < -0.4 is 5.73 Å². The number of nitrogens with zero attached hydrogens (tertiary/aromatic N) is 2. The molecule has 1 atom stereocenters. The number of fused-ring (bicyclic) bond motifs is 1. The summed E-state index contributed by atoms with van der Waals surface area (Å²) in [5.74, 6) is 0.606. The van der Waals surface area contributed by atoms with Gasteiger partial charge in [0.05, 0.1) is 11.4 Å². The van der Waals surface area contributed by atoms with Crippen molar-refractivity contribution >= 4 is 11.3 Å². The average molecular weight is 231 g/mol. The van der Waals surface area contributed by atoms with Crippen molar-refractivity contribution in [2.45, 2.75) is 19.3 Å². The summed E-state index contributed by atoms with van der Waals surface area (Å²) in [6.07, 6.45) is 7.45. The minimum absolute atomic E-state index is 0.606. The Morgan fingerprint density at radius 1 is 1.53 bits per heavy atom. The highest BCUT2D eigenvalue weighted by Crippen LogP contribution is 2.20. The average Bonchev–Trinajstić information content (AvgIpc) is 2.74. The zero-order chi connectivity index (χ0) is 11.7. The summed E-state index contributed by atoms with van der Waals surface area (Å²) in [5, 5.41) is 0. The summed E-state index contributed by atoms with van der Waals surface area (Å²) in [6.45, 7) is 1.78. The molecule has 1 aliphatic heterocycles. The molecule has 3 heterocycles. The Balaban J connectivity index is 1.83. The van der Waals surface area contributed by atoms with Crippen LogP contribution in [0.5, 0.6) is 0 Å². The number of rotatable bonds is 2. The van der Waals surface area contributed by atoms with Crippen LogP contribution in [0.4, 0.5) is 5.69 Å². The van der Waals surface area contributed by atoms with Crippen LogP contribution >= 0.6 is 0 Å². The van der Waals surface area contributed by atoms with Crippen LogP contribution in [-0.4, -0.2) is 22.6 Å². The second-order valence-electron chi connectivity index (χ2n) is 4.71. The fourth-order valence-corrected chi connectivity index (χ4v) is 2.45. The predicted octanol–water partition coefficient (Wildman–Crippen LogP) is 1.89. The van der Waals surface area contributed by atoms with Crippen LogP contribution in [0.25, 0.3) is 5.65 Å². The third kappa shape index (κ3) is 2.13. The molecular formula is C13H17N3O. The van der Waals surface area contributed by atoms with Gasteiger partial charge in [-0.1, -0.05) is 0 Å². The largest absolute Gasteiger partial charge is 0.396 e. The molecule has 0 aliphatic carbocycles. The van der Waals surface area contributed by atoms with Gasteiger partial charge in [-0.15, -0.1) is 0 Å². The number of aromatic nitrogens is 2. The molecule has 1 saturated heterocycles. The summed E-state index contributed by atoms with van der Waals surface area (Å²) in [6, 6.07) is 3.83. The van der Waals surface area contributed by atoms with Crippen molar-refractivity contribution in [1.82, 2.24) is 9.38 Å². The number of pyridine rings is 1. The van der Waals surface area contributed by atoms with Gasteiger partial charge in [0.2, 0.25) is 0 Å². The summed E-state index contributed by atoms with van der Waals surface area (Å²) < 4.78 is 7.49. The van der Waals surface area contributed by atoms with Crippen LogP contribution in [0.1, 0.15) is 18.5 Å². The van der Waals surface area contributed by atoms with E-state index in [1.165, 1.54) is 12.8 Å². The van der Waals surface area contributed by atoms with Gasteiger partial charge < -0.3 is 14.9 Å². The Morgan fingerprint density at radius 3 is 3.24 bits per heavy atom. The lowest BCUT2D eigenvalue weighted by molar-refractivity contribution is 0.0547. The Bertz CT molecular complexity index is 514. The fourth-order valence-electron chi connectivity index (χ4n) is 2.45. The lowest BCUT2D eigenvalue weighted by atomic mass is 9.97. The second kappa shape index (κ2) is 4.37. The summed E-state index contributed by atoms with van der Waals surface area (Å²) in [5.41, 5.74) is 8.60. The highest BCUT2D eigenvalue weighted by molar-refractivity contribution is 5.64. The maximum atomic E-state index is 5.89. The monoisotopic (exact) mass is 231 g/mol. The van der Waals surface area contributed by atoms with Crippen molar-refractivity contribution in [1.29, 1.82) is 0 Å². The minimum Gasteiger partial charge on any atom is -0.396 e. The molecule has 17 heavy (non-hydrogen) atoms. The Labute approximate surface area is 100 Å². The SMILES string of the molecule is Nc1cccn2cc(CC3CCCOC3)nc12.